The van der Waals surface area contributed by atoms with Crippen LogP contribution in [-0.4, -0.2) is 24.3 Å². The Hall–Kier alpha value is -1.39. The molecule has 0 heterocycles. The van der Waals surface area contributed by atoms with Crippen LogP contribution in [-0.2, 0) is 4.79 Å². The van der Waals surface area contributed by atoms with Gasteiger partial charge in [-0.1, -0.05) is 0 Å². The van der Waals surface area contributed by atoms with Gasteiger partial charge in [0.1, 0.15) is 0 Å². The van der Waals surface area contributed by atoms with Crippen molar-refractivity contribution in [3.05, 3.63) is 0 Å². The van der Waals surface area contributed by atoms with E-state index in [-0.39, 0.29) is 6.42 Å². The van der Waals surface area contributed by atoms with Crippen molar-refractivity contribution < 1.29 is 31.1 Å². The highest BCUT2D eigenvalue weighted by atomic mass is 19.4. The van der Waals surface area contributed by atoms with Crippen LogP contribution < -0.4 is 5.32 Å². The smallest absolute Gasteiger partial charge is 0.352 e. The van der Waals surface area contributed by atoms with Gasteiger partial charge in [0.25, 0.3) is 0 Å². The average molecular weight is 261 g/mol. The van der Waals surface area contributed by atoms with Gasteiger partial charge in [-0.05, 0) is 6.92 Å². The van der Waals surface area contributed by atoms with E-state index in [1.807, 2.05) is 5.92 Å². The van der Waals surface area contributed by atoms with Gasteiger partial charge < -0.3 is 5.32 Å². The highest BCUT2D eigenvalue weighted by molar-refractivity contribution is 5.80. The number of carbonyl (C=O) groups excluding carboxylic acids is 1. The monoisotopic (exact) mass is 261 g/mol. The van der Waals surface area contributed by atoms with Crippen molar-refractivity contribution in [3.8, 4) is 12.3 Å². The summed E-state index contributed by atoms with van der Waals surface area (Å²) in [5.41, 5.74) is 0. The van der Waals surface area contributed by atoms with Crippen molar-refractivity contribution in [2.45, 2.75) is 31.7 Å². The molecule has 0 fully saturated rings. The lowest BCUT2D eigenvalue weighted by Crippen LogP contribution is -2.49. The van der Waals surface area contributed by atoms with Crippen LogP contribution in [0.2, 0.25) is 0 Å². The van der Waals surface area contributed by atoms with Crippen molar-refractivity contribution in [3.63, 3.8) is 0 Å². The summed E-state index contributed by atoms with van der Waals surface area (Å²) in [7, 11) is 0. The summed E-state index contributed by atoms with van der Waals surface area (Å²) in [6.45, 7) is 1.21. The quantitative estimate of drug-likeness (QED) is 0.612. The van der Waals surface area contributed by atoms with E-state index < -0.39 is 30.2 Å². The number of hydrogen-bond donors (Lipinski definition) is 1. The number of nitrogens with one attached hydrogen (secondary N) is 1. The summed E-state index contributed by atoms with van der Waals surface area (Å²) in [4.78, 5) is 10.9. The molecule has 8 heteroatoms. The molecule has 1 amide bonds. The Morgan fingerprint density at radius 3 is 1.94 bits per heavy atom. The van der Waals surface area contributed by atoms with Crippen LogP contribution in [0.4, 0.5) is 26.3 Å². The molecule has 0 saturated heterocycles. The second kappa shape index (κ2) is 5.29. The second-order valence-corrected chi connectivity index (χ2v) is 3.33. The van der Waals surface area contributed by atoms with E-state index in [4.69, 9.17) is 6.42 Å². The van der Waals surface area contributed by atoms with Gasteiger partial charge in [0.2, 0.25) is 11.8 Å². The molecular weight excluding hydrogens is 252 g/mol. The minimum atomic E-state index is -5.68. The van der Waals surface area contributed by atoms with Crippen LogP contribution in [0.1, 0.15) is 13.3 Å². The molecule has 1 N–H and O–H groups in total. The molecule has 0 aliphatic rings. The van der Waals surface area contributed by atoms with Crippen LogP contribution in [0, 0.1) is 18.3 Å². The minimum Gasteiger partial charge on any atom is -0.352 e. The third-order valence-corrected chi connectivity index (χ3v) is 1.73. The number of terminal acetylenes is 1. The van der Waals surface area contributed by atoms with Gasteiger partial charge in [-0.3, -0.25) is 4.79 Å². The minimum absolute atomic E-state index is 0.159. The number of alkyl halides is 6. The largest absolute Gasteiger partial charge is 0.409 e. The summed E-state index contributed by atoms with van der Waals surface area (Å²) in [5, 5.41) is 1.57. The maximum absolute atomic E-state index is 12.1. The maximum Gasteiger partial charge on any atom is 0.409 e. The van der Waals surface area contributed by atoms with E-state index >= 15 is 0 Å². The summed E-state index contributed by atoms with van der Waals surface area (Å²) >= 11 is 0. The second-order valence-electron chi connectivity index (χ2n) is 3.33. The Kier molecular flexibility index (Phi) is 4.86. The predicted molar refractivity (Wildman–Crippen MR) is 46.7 cm³/mol. The Morgan fingerprint density at radius 1 is 1.24 bits per heavy atom. The predicted octanol–water partition coefficient (Wildman–Crippen LogP) is 2.26. The fourth-order valence-corrected chi connectivity index (χ4v) is 1.04. The van der Waals surface area contributed by atoms with Crippen molar-refractivity contribution in [1.82, 2.24) is 5.32 Å². The molecule has 0 aliphatic carbocycles. The van der Waals surface area contributed by atoms with Gasteiger partial charge in [0, 0.05) is 12.5 Å². The third-order valence-electron chi connectivity index (χ3n) is 1.73. The van der Waals surface area contributed by atoms with Gasteiger partial charge in [-0.25, -0.2) is 0 Å². The molecule has 0 aromatic heterocycles. The maximum atomic E-state index is 12.1. The average Bonchev–Trinajstić information content (AvgIpc) is 1.96. The van der Waals surface area contributed by atoms with Crippen LogP contribution in [0.25, 0.3) is 0 Å². The van der Waals surface area contributed by atoms with Crippen LogP contribution in [0.5, 0.6) is 0 Å². The van der Waals surface area contributed by atoms with Gasteiger partial charge in [-0.2, -0.15) is 26.3 Å². The third kappa shape index (κ3) is 4.97. The highest BCUT2D eigenvalue weighted by Crippen LogP contribution is 2.39. The molecule has 0 aromatic carbocycles. The molecule has 0 rings (SSSR count). The Morgan fingerprint density at radius 2 is 1.65 bits per heavy atom. The molecule has 1 atom stereocenters. The van der Waals surface area contributed by atoms with E-state index in [2.05, 4.69) is 0 Å². The zero-order valence-corrected chi connectivity index (χ0v) is 8.62. The molecular formula is C9H9F6NO. The number of hydrogen-bond acceptors (Lipinski definition) is 1. The van der Waals surface area contributed by atoms with Crippen LogP contribution in [0.15, 0.2) is 0 Å². The Labute approximate surface area is 93.4 Å². The molecule has 0 aliphatic heterocycles. The first-order chi connectivity index (χ1) is 7.50. The molecule has 0 saturated carbocycles. The van der Waals surface area contributed by atoms with Crippen molar-refractivity contribution in [2.24, 2.45) is 5.92 Å². The zero-order valence-electron chi connectivity index (χ0n) is 8.62. The van der Waals surface area contributed by atoms with Gasteiger partial charge in [0.05, 0.1) is 0 Å². The zero-order chi connectivity index (χ0) is 13.9. The summed E-state index contributed by atoms with van der Waals surface area (Å²) < 4.78 is 72.5. The standard InChI is InChI=1S/C9H9F6NO/c1-3-4-5(2)16-7(17)6(8(10,11)12)9(13,14)15/h1,5-6H,4H2,2H3,(H,16,17). The lowest BCUT2D eigenvalue weighted by atomic mass is 10.1. The Balaban J connectivity index is 4.87. The summed E-state index contributed by atoms with van der Waals surface area (Å²) in [5.74, 6) is -4.17. The fraction of sp³-hybridized carbons (Fsp3) is 0.667. The fourth-order valence-electron chi connectivity index (χ4n) is 1.04. The van der Waals surface area contributed by atoms with E-state index in [1.165, 1.54) is 6.92 Å². The van der Waals surface area contributed by atoms with E-state index in [0.29, 0.717) is 0 Å². The van der Waals surface area contributed by atoms with Crippen LogP contribution in [0.3, 0.4) is 0 Å². The van der Waals surface area contributed by atoms with Crippen molar-refractivity contribution in [2.75, 3.05) is 0 Å². The Bertz CT molecular complexity index is 299. The van der Waals surface area contributed by atoms with Gasteiger partial charge >= 0.3 is 12.4 Å². The van der Waals surface area contributed by atoms with E-state index in [1.54, 1.807) is 5.32 Å². The lowest BCUT2D eigenvalue weighted by molar-refractivity contribution is -0.274. The first kappa shape index (κ1) is 15.6. The first-order valence-electron chi connectivity index (χ1n) is 4.37. The molecule has 17 heavy (non-hydrogen) atoms. The first-order valence-corrected chi connectivity index (χ1v) is 4.37. The molecule has 0 bridgehead atoms. The topological polar surface area (TPSA) is 29.1 Å². The van der Waals surface area contributed by atoms with E-state index in [9.17, 15) is 31.1 Å². The molecule has 0 radical (unpaired) electrons. The number of amides is 1. The lowest BCUT2D eigenvalue weighted by Gasteiger charge is -2.23. The van der Waals surface area contributed by atoms with Crippen LogP contribution >= 0.6 is 0 Å². The van der Waals surface area contributed by atoms with Crippen molar-refractivity contribution in [1.29, 1.82) is 0 Å². The number of carbonyl (C=O) groups is 1. The molecule has 98 valence electrons. The SMILES string of the molecule is C#CCC(C)NC(=O)C(C(F)(F)F)C(F)(F)F. The molecule has 0 spiro atoms. The molecule has 0 aromatic rings. The number of rotatable bonds is 3. The highest BCUT2D eigenvalue weighted by Gasteiger charge is 2.61. The van der Waals surface area contributed by atoms with E-state index in [0.717, 1.165) is 0 Å². The summed E-state index contributed by atoms with van der Waals surface area (Å²) in [6, 6.07) is -0.959. The normalized spacial score (nSPS) is 14.3. The molecule has 1 unspecified atom stereocenters. The van der Waals surface area contributed by atoms with Gasteiger partial charge in [-0.15, -0.1) is 12.3 Å². The number of halogens is 6. The summed E-state index contributed by atoms with van der Waals surface area (Å²) in [6.07, 6.45) is -6.72. The van der Waals surface area contributed by atoms with Gasteiger partial charge in [0.15, 0.2) is 0 Å². The van der Waals surface area contributed by atoms with Crippen molar-refractivity contribution >= 4 is 5.91 Å². The molecule has 2 nitrogen and oxygen atoms in total.